The topological polar surface area (TPSA) is 0 Å². The van der Waals surface area contributed by atoms with E-state index >= 15 is 0 Å². The Morgan fingerprint density at radius 1 is 0.625 bits per heavy atom. The van der Waals surface area contributed by atoms with E-state index < -0.39 is 7.26 Å². The first-order valence-electron chi connectivity index (χ1n) is 11.5. The maximum atomic E-state index is 2.47. The molecule has 0 fully saturated rings. The van der Waals surface area contributed by atoms with Crippen molar-refractivity contribution in [2.45, 2.75) is 46.5 Å². The Balaban J connectivity index is 0.00000363. The highest BCUT2D eigenvalue weighted by molar-refractivity contribution is 7.95. The van der Waals surface area contributed by atoms with E-state index in [4.69, 9.17) is 0 Å². The van der Waals surface area contributed by atoms with Gasteiger partial charge in [0.05, 0.1) is 6.16 Å². The summed E-state index contributed by atoms with van der Waals surface area (Å²) in [5.74, 6) is 0. The van der Waals surface area contributed by atoms with E-state index in [-0.39, 0.29) is 24.0 Å². The molecule has 0 aromatic heterocycles. The smallest absolute Gasteiger partial charge is 0.112 e. The number of hydrogen-bond donors (Lipinski definition) is 0. The average molecular weight is 554 g/mol. The van der Waals surface area contributed by atoms with Crippen molar-refractivity contribution in [3.05, 3.63) is 114 Å². The molecule has 0 spiro atoms. The van der Waals surface area contributed by atoms with Crippen LogP contribution in [-0.2, 0) is 0 Å². The molecule has 0 unspecified atom stereocenters. The van der Waals surface area contributed by atoms with Crippen LogP contribution >= 0.6 is 7.26 Å². The molecule has 0 aliphatic rings. The molecule has 0 nitrogen and oxygen atoms in total. The van der Waals surface area contributed by atoms with Crippen LogP contribution in [0, 0.1) is 0 Å². The first kappa shape index (κ1) is 26.6. The molecule has 3 aromatic rings. The second kappa shape index (κ2) is 13.8. The first-order valence-corrected chi connectivity index (χ1v) is 13.4. The SMILES string of the molecule is CC(C)=CCC/C(C)=C/CCC[P+](c1ccccc1)(c1ccccc1)c1ccccc1.[I-]. The zero-order chi connectivity index (χ0) is 21.9. The quantitative estimate of drug-likeness (QED) is 0.150. The molecule has 0 aliphatic carbocycles. The summed E-state index contributed by atoms with van der Waals surface area (Å²) in [5, 5.41) is 4.45. The standard InChI is InChI=1S/C30H36P.HI/c1-26(2)16-15-18-27(3)17-13-14-25-31(28-19-7-4-8-20-28,29-21-9-5-10-22-29)30-23-11-6-12-24-30;/h4-12,16-17,19-24H,13-15,18,25H2,1-3H3;1H/q+1;/p-1/b27-17+;. The molecule has 3 rings (SSSR count). The second-order valence-corrected chi connectivity index (χ2v) is 12.2. The zero-order valence-electron chi connectivity index (χ0n) is 19.7. The number of halogens is 1. The van der Waals surface area contributed by atoms with E-state index in [0.29, 0.717) is 0 Å². The Morgan fingerprint density at radius 2 is 1.06 bits per heavy atom. The van der Waals surface area contributed by atoms with Gasteiger partial charge in [-0.05, 0) is 82.9 Å². The Labute approximate surface area is 213 Å². The lowest BCUT2D eigenvalue weighted by Gasteiger charge is -2.27. The maximum Gasteiger partial charge on any atom is 0.112 e. The molecular weight excluding hydrogens is 518 g/mol. The Bertz CT molecular complexity index is 874. The van der Waals surface area contributed by atoms with Crippen LogP contribution in [0.5, 0.6) is 0 Å². The van der Waals surface area contributed by atoms with Crippen molar-refractivity contribution in [3.63, 3.8) is 0 Å². The summed E-state index contributed by atoms with van der Waals surface area (Å²) < 4.78 is 0. The molecule has 0 amide bonds. The number of benzene rings is 3. The molecule has 0 atom stereocenters. The van der Waals surface area contributed by atoms with E-state index in [2.05, 4.69) is 124 Å². The third-order valence-electron chi connectivity index (χ3n) is 5.87. The minimum atomic E-state index is -1.69. The highest BCUT2D eigenvalue weighted by Crippen LogP contribution is 2.55. The molecule has 0 saturated heterocycles. The Morgan fingerprint density at radius 3 is 1.47 bits per heavy atom. The van der Waals surface area contributed by atoms with Crippen LogP contribution in [0.1, 0.15) is 46.5 Å². The third kappa shape index (κ3) is 7.15. The van der Waals surface area contributed by atoms with E-state index in [1.54, 1.807) is 0 Å². The van der Waals surface area contributed by atoms with Crippen LogP contribution < -0.4 is 39.9 Å². The summed E-state index contributed by atoms with van der Waals surface area (Å²) in [6, 6.07) is 33.6. The normalized spacial score (nSPS) is 11.5. The maximum absolute atomic E-state index is 2.47. The minimum Gasteiger partial charge on any atom is -1.00 e. The van der Waals surface area contributed by atoms with Crippen LogP contribution in [0.3, 0.4) is 0 Å². The van der Waals surface area contributed by atoms with Gasteiger partial charge in [0.15, 0.2) is 0 Å². The van der Waals surface area contributed by atoms with Gasteiger partial charge in [-0.3, -0.25) is 0 Å². The van der Waals surface area contributed by atoms with Crippen molar-refractivity contribution in [1.29, 1.82) is 0 Å². The number of unbranched alkanes of at least 4 members (excludes halogenated alkanes) is 1. The molecule has 0 radical (unpaired) electrons. The van der Waals surface area contributed by atoms with Crippen LogP contribution in [0.2, 0.25) is 0 Å². The molecule has 0 bridgehead atoms. The van der Waals surface area contributed by atoms with E-state index in [0.717, 1.165) is 12.8 Å². The van der Waals surface area contributed by atoms with Crippen molar-refractivity contribution < 1.29 is 24.0 Å². The van der Waals surface area contributed by atoms with E-state index in [9.17, 15) is 0 Å². The summed E-state index contributed by atoms with van der Waals surface area (Å²) in [6.07, 6.45) is 10.7. The predicted octanol–water partition coefficient (Wildman–Crippen LogP) is 4.46. The lowest BCUT2D eigenvalue weighted by atomic mass is 10.1. The number of hydrogen-bond acceptors (Lipinski definition) is 0. The fourth-order valence-corrected chi connectivity index (χ4v) is 8.62. The van der Waals surface area contributed by atoms with Gasteiger partial charge in [0.25, 0.3) is 0 Å². The highest BCUT2D eigenvalue weighted by atomic mass is 127. The minimum absolute atomic E-state index is 0. The first-order chi connectivity index (χ1) is 15.1. The monoisotopic (exact) mass is 554 g/mol. The van der Waals surface area contributed by atoms with Crippen molar-refractivity contribution >= 4 is 23.2 Å². The largest absolute Gasteiger partial charge is 1.00 e. The third-order valence-corrected chi connectivity index (χ3v) is 10.4. The molecule has 0 aliphatic heterocycles. The molecule has 0 N–H and O–H groups in total. The second-order valence-electron chi connectivity index (χ2n) is 8.55. The van der Waals surface area contributed by atoms with Gasteiger partial charge in [-0.25, -0.2) is 0 Å². The lowest BCUT2D eigenvalue weighted by molar-refractivity contribution is -0.00000640. The Hall–Kier alpha value is -1.70. The van der Waals surface area contributed by atoms with Gasteiger partial charge in [0.1, 0.15) is 23.2 Å². The summed E-state index contributed by atoms with van der Waals surface area (Å²) in [5.41, 5.74) is 2.93. The van der Waals surface area contributed by atoms with Crippen LogP contribution in [0.25, 0.3) is 0 Å². The Kier molecular flexibility index (Phi) is 11.4. The summed E-state index contributed by atoms with van der Waals surface area (Å²) in [7, 11) is -1.69. The number of rotatable bonds is 10. The van der Waals surface area contributed by atoms with E-state index in [1.165, 1.54) is 46.1 Å². The molecule has 32 heavy (non-hydrogen) atoms. The van der Waals surface area contributed by atoms with Gasteiger partial charge in [-0.1, -0.05) is 77.9 Å². The van der Waals surface area contributed by atoms with Gasteiger partial charge in [-0.15, -0.1) is 0 Å². The van der Waals surface area contributed by atoms with Crippen molar-refractivity contribution in [1.82, 2.24) is 0 Å². The van der Waals surface area contributed by atoms with Crippen molar-refractivity contribution in [2.24, 2.45) is 0 Å². The molecule has 168 valence electrons. The lowest BCUT2D eigenvalue weighted by Crippen LogP contribution is -3.00. The van der Waals surface area contributed by atoms with E-state index in [1.807, 2.05) is 0 Å². The van der Waals surface area contributed by atoms with Gasteiger partial charge in [0, 0.05) is 0 Å². The fraction of sp³-hybridized carbons (Fsp3) is 0.267. The molecule has 0 saturated carbocycles. The summed E-state index contributed by atoms with van der Waals surface area (Å²) >= 11 is 0. The highest BCUT2D eigenvalue weighted by Gasteiger charge is 2.44. The average Bonchev–Trinajstić information content (AvgIpc) is 2.81. The number of allylic oxidation sites excluding steroid dienone is 4. The molecule has 3 aromatic carbocycles. The summed E-state index contributed by atoms with van der Waals surface area (Å²) in [4.78, 5) is 0. The van der Waals surface area contributed by atoms with Gasteiger partial charge < -0.3 is 24.0 Å². The zero-order valence-corrected chi connectivity index (χ0v) is 22.7. The van der Waals surface area contributed by atoms with Crippen molar-refractivity contribution in [2.75, 3.05) is 6.16 Å². The molecule has 2 heteroatoms. The van der Waals surface area contributed by atoms with Crippen LogP contribution in [-0.4, -0.2) is 6.16 Å². The van der Waals surface area contributed by atoms with Gasteiger partial charge in [-0.2, -0.15) is 0 Å². The fourth-order valence-electron chi connectivity index (χ4n) is 4.25. The van der Waals surface area contributed by atoms with Crippen molar-refractivity contribution in [3.8, 4) is 0 Å². The van der Waals surface area contributed by atoms with Gasteiger partial charge in [0.2, 0.25) is 0 Å². The van der Waals surface area contributed by atoms with Gasteiger partial charge >= 0.3 is 0 Å². The van der Waals surface area contributed by atoms with Crippen LogP contribution in [0.4, 0.5) is 0 Å². The predicted molar refractivity (Wildman–Crippen MR) is 142 cm³/mol. The summed E-state index contributed by atoms with van der Waals surface area (Å²) in [6.45, 7) is 6.64. The molecule has 0 heterocycles. The van der Waals surface area contributed by atoms with Crippen LogP contribution in [0.15, 0.2) is 114 Å². The molecular formula is C30H36IP.